The first-order valence-corrected chi connectivity index (χ1v) is 9.46. The van der Waals surface area contributed by atoms with Crippen molar-refractivity contribution in [2.75, 3.05) is 6.54 Å². The van der Waals surface area contributed by atoms with E-state index in [1.54, 1.807) is 6.92 Å². The van der Waals surface area contributed by atoms with Gasteiger partial charge >= 0.3 is 0 Å². The summed E-state index contributed by atoms with van der Waals surface area (Å²) in [5.41, 5.74) is 1.82. The van der Waals surface area contributed by atoms with E-state index in [0.717, 1.165) is 6.54 Å². The van der Waals surface area contributed by atoms with Crippen molar-refractivity contribution in [3.63, 3.8) is 0 Å². The molecule has 1 aromatic carbocycles. The number of carbonyl (C=O) groups is 2. The SMILES string of the molecule is CC(NC(=O)c1ccc(C(C)(C)C)cc1)C(=O)NCC1CCCCC1. The van der Waals surface area contributed by atoms with Crippen molar-refractivity contribution < 1.29 is 9.59 Å². The first-order chi connectivity index (χ1) is 11.8. The number of benzene rings is 1. The molecule has 0 aliphatic heterocycles. The van der Waals surface area contributed by atoms with E-state index in [9.17, 15) is 9.59 Å². The lowest BCUT2D eigenvalue weighted by atomic mass is 9.86. The van der Waals surface area contributed by atoms with Gasteiger partial charge in [0.1, 0.15) is 6.04 Å². The fourth-order valence-electron chi connectivity index (χ4n) is 3.26. The zero-order valence-corrected chi connectivity index (χ0v) is 16.0. The second-order valence-electron chi connectivity index (χ2n) is 8.27. The summed E-state index contributed by atoms with van der Waals surface area (Å²) in [5, 5.41) is 5.78. The van der Waals surface area contributed by atoms with Gasteiger partial charge in [-0.3, -0.25) is 9.59 Å². The van der Waals surface area contributed by atoms with E-state index in [0.29, 0.717) is 11.5 Å². The number of hydrogen-bond donors (Lipinski definition) is 2. The molecule has 25 heavy (non-hydrogen) atoms. The minimum Gasteiger partial charge on any atom is -0.354 e. The van der Waals surface area contributed by atoms with Crippen molar-refractivity contribution in [2.24, 2.45) is 5.92 Å². The van der Waals surface area contributed by atoms with Crippen LogP contribution in [0.1, 0.15) is 75.7 Å². The van der Waals surface area contributed by atoms with Crippen LogP contribution >= 0.6 is 0 Å². The monoisotopic (exact) mass is 344 g/mol. The normalized spacial score (nSPS) is 17.0. The second-order valence-corrected chi connectivity index (χ2v) is 8.27. The lowest BCUT2D eigenvalue weighted by Gasteiger charge is -2.23. The van der Waals surface area contributed by atoms with Crippen molar-refractivity contribution >= 4 is 11.8 Å². The lowest BCUT2D eigenvalue weighted by Crippen LogP contribution is -2.46. The molecule has 0 saturated heterocycles. The highest BCUT2D eigenvalue weighted by atomic mass is 16.2. The van der Waals surface area contributed by atoms with Crippen molar-refractivity contribution in [1.82, 2.24) is 10.6 Å². The topological polar surface area (TPSA) is 58.2 Å². The molecule has 1 aromatic rings. The fourth-order valence-corrected chi connectivity index (χ4v) is 3.26. The Labute approximate surface area is 151 Å². The minimum absolute atomic E-state index is 0.0568. The molecule has 0 heterocycles. The number of carbonyl (C=O) groups excluding carboxylic acids is 2. The molecule has 0 aromatic heterocycles. The predicted molar refractivity (Wildman–Crippen MR) is 102 cm³/mol. The zero-order valence-electron chi connectivity index (χ0n) is 16.0. The summed E-state index contributed by atoms with van der Waals surface area (Å²) in [6.45, 7) is 8.87. The first kappa shape index (κ1) is 19.5. The van der Waals surface area contributed by atoms with Gasteiger partial charge in [-0.15, -0.1) is 0 Å². The Kier molecular flexibility index (Phi) is 6.63. The molecule has 0 bridgehead atoms. The van der Waals surface area contributed by atoms with Gasteiger partial charge in [-0.05, 0) is 48.8 Å². The molecule has 1 aliphatic carbocycles. The highest BCUT2D eigenvalue weighted by molar-refractivity contribution is 5.97. The Morgan fingerprint density at radius 2 is 1.68 bits per heavy atom. The van der Waals surface area contributed by atoms with Gasteiger partial charge in [-0.25, -0.2) is 0 Å². The second kappa shape index (κ2) is 8.50. The molecule has 0 spiro atoms. The minimum atomic E-state index is -0.529. The van der Waals surface area contributed by atoms with Crippen LogP contribution in [-0.4, -0.2) is 24.4 Å². The lowest BCUT2D eigenvalue weighted by molar-refractivity contribution is -0.122. The zero-order chi connectivity index (χ0) is 18.4. The Morgan fingerprint density at radius 3 is 2.24 bits per heavy atom. The van der Waals surface area contributed by atoms with E-state index in [1.807, 2.05) is 24.3 Å². The van der Waals surface area contributed by atoms with Crippen molar-refractivity contribution in [3.8, 4) is 0 Å². The van der Waals surface area contributed by atoms with Crippen LogP contribution in [0.3, 0.4) is 0 Å². The molecular formula is C21H32N2O2. The van der Waals surface area contributed by atoms with Gasteiger partial charge in [0, 0.05) is 12.1 Å². The molecule has 2 rings (SSSR count). The van der Waals surface area contributed by atoms with Crippen LogP contribution in [-0.2, 0) is 10.2 Å². The number of nitrogens with one attached hydrogen (secondary N) is 2. The van der Waals surface area contributed by atoms with Gasteiger partial charge in [0.25, 0.3) is 5.91 Å². The number of rotatable bonds is 5. The van der Waals surface area contributed by atoms with Gasteiger partial charge in [0.2, 0.25) is 5.91 Å². The first-order valence-electron chi connectivity index (χ1n) is 9.46. The van der Waals surface area contributed by atoms with E-state index < -0.39 is 6.04 Å². The largest absolute Gasteiger partial charge is 0.354 e. The maximum atomic E-state index is 12.3. The maximum Gasteiger partial charge on any atom is 0.251 e. The van der Waals surface area contributed by atoms with Crippen molar-refractivity contribution in [1.29, 1.82) is 0 Å². The summed E-state index contributed by atoms with van der Waals surface area (Å²) in [5.74, 6) is 0.275. The van der Waals surface area contributed by atoms with E-state index in [4.69, 9.17) is 0 Å². The van der Waals surface area contributed by atoms with E-state index >= 15 is 0 Å². The molecule has 2 N–H and O–H groups in total. The van der Waals surface area contributed by atoms with E-state index in [1.165, 1.54) is 37.7 Å². The van der Waals surface area contributed by atoms with Gasteiger partial charge in [-0.1, -0.05) is 52.2 Å². The van der Waals surface area contributed by atoms with Crippen molar-refractivity contribution in [2.45, 2.75) is 71.3 Å². The van der Waals surface area contributed by atoms with Gasteiger partial charge < -0.3 is 10.6 Å². The summed E-state index contributed by atoms with van der Waals surface area (Å²) >= 11 is 0. The molecule has 4 nitrogen and oxygen atoms in total. The van der Waals surface area contributed by atoms with Crippen molar-refractivity contribution in [3.05, 3.63) is 35.4 Å². The average molecular weight is 344 g/mol. The molecule has 1 atom stereocenters. The van der Waals surface area contributed by atoms with E-state index in [-0.39, 0.29) is 17.2 Å². The predicted octanol–water partition coefficient (Wildman–Crippen LogP) is 3.80. The molecule has 1 unspecified atom stereocenters. The van der Waals surface area contributed by atoms with Crippen LogP contribution in [0.15, 0.2) is 24.3 Å². The van der Waals surface area contributed by atoms with Crippen LogP contribution < -0.4 is 10.6 Å². The highest BCUT2D eigenvalue weighted by Gasteiger charge is 2.20. The summed E-state index contributed by atoms with van der Waals surface area (Å²) in [6, 6.07) is 7.06. The summed E-state index contributed by atoms with van der Waals surface area (Å²) in [6.07, 6.45) is 6.22. The Bertz CT molecular complexity index is 581. The quantitative estimate of drug-likeness (QED) is 0.853. The van der Waals surface area contributed by atoms with Gasteiger partial charge in [0.05, 0.1) is 0 Å². The van der Waals surface area contributed by atoms with Gasteiger partial charge in [-0.2, -0.15) is 0 Å². The fraction of sp³-hybridized carbons (Fsp3) is 0.619. The summed E-state index contributed by atoms with van der Waals surface area (Å²) in [4.78, 5) is 24.5. The third-order valence-electron chi connectivity index (χ3n) is 5.04. The van der Waals surface area contributed by atoms with E-state index in [2.05, 4.69) is 31.4 Å². The smallest absolute Gasteiger partial charge is 0.251 e. The molecule has 0 radical (unpaired) electrons. The van der Waals surface area contributed by atoms with Gasteiger partial charge in [0.15, 0.2) is 0 Å². The Hall–Kier alpha value is -1.84. The Morgan fingerprint density at radius 1 is 1.08 bits per heavy atom. The standard InChI is InChI=1S/C21H32N2O2/c1-15(19(24)22-14-16-8-6-5-7-9-16)23-20(25)17-10-12-18(13-11-17)21(2,3)4/h10-13,15-16H,5-9,14H2,1-4H3,(H,22,24)(H,23,25). The summed E-state index contributed by atoms with van der Waals surface area (Å²) < 4.78 is 0. The van der Waals surface area contributed by atoms with Crippen LogP contribution in [0, 0.1) is 5.92 Å². The molecule has 2 amide bonds. The average Bonchev–Trinajstić information content (AvgIpc) is 2.59. The molecular weight excluding hydrogens is 312 g/mol. The number of hydrogen-bond acceptors (Lipinski definition) is 2. The molecule has 1 aliphatic rings. The number of amides is 2. The van der Waals surface area contributed by atoms with Crippen LogP contribution in [0.5, 0.6) is 0 Å². The highest BCUT2D eigenvalue weighted by Crippen LogP contribution is 2.23. The third kappa shape index (κ3) is 5.87. The van der Waals surface area contributed by atoms with Crippen LogP contribution in [0.25, 0.3) is 0 Å². The van der Waals surface area contributed by atoms with Crippen LogP contribution in [0.2, 0.25) is 0 Å². The molecule has 1 fully saturated rings. The maximum absolute atomic E-state index is 12.3. The summed E-state index contributed by atoms with van der Waals surface area (Å²) in [7, 11) is 0. The third-order valence-corrected chi connectivity index (χ3v) is 5.04. The van der Waals surface area contributed by atoms with Crippen LogP contribution in [0.4, 0.5) is 0 Å². The molecule has 138 valence electrons. The Balaban J connectivity index is 1.83. The molecule has 4 heteroatoms. The molecule has 1 saturated carbocycles.